The minimum atomic E-state index is -0.413. The van der Waals surface area contributed by atoms with Gasteiger partial charge in [0.15, 0.2) is 6.29 Å². The van der Waals surface area contributed by atoms with E-state index in [0.717, 1.165) is 0 Å². The average Bonchev–Trinajstić information content (AvgIpc) is 2.99. The van der Waals surface area contributed by atoms with Gasteiger partial charge in [-0.2, -0.15) is 0 Å². The van der Waals surface area contributed by atoms with Crippen molar-refractivity contribution in [1.82, 2.24) is 16.0 Å². The molecule has 1 saturated carbocycles. The molecule has 216 valence electrons. The molecular formula is C28H36N4O8. The van der Waals surface area contributed by atoms with Gasteiger partial charge < -0.3 is 40.6 Å². The van der Waals surface area contributed by atoms with Crippen LogP contribution in [0.15, 0.2) is 24.3 Å². The molecule has 0 radical (unpaired) electrons. The van der Waals surface area contributed by atoms with Crippen LogP contribution in [0, 0.1) is 0 Å². The molecule has 12 nitrogen and oxygen atoms in total. The van der Waals surface area contributed by atoms with Crippen LogP contribution in [-0.2, 0) is 0 Å². The number of nitrogens with two attached hydrogens (primary N) is 1. The van der Waals surface area contributed by atoms with Gasteiger partial charge in [0.25, 0.3) is 17.7 Å². The molecule has 1 aliphatic carbocycles. The average molecular weight is 557 g/mol. The number of methoxy groups -OCH3 is 4. The Kier molecular flexibility index (Phi) is 10.7. The predicted molar refractivity (Wildman–Crippen MR) is 147 cm³/mol. The normalized spacial score (nSPS) is 16.3. The maximum absolute atomic E-state index is 13.2. The monoisotopic (exact) mass is 556 g/mol. The fraction of sp³-hybridized carbons (Fsp3) is 0.429. The van der Waals surface area contributed by atoms with Gasteiger partial charge in [0, 0.05) is 37.3 Å². The Morgan fingerprint density at radius 3 is 1.57 bits per heavy atom. The number of rotatable bonds is 12. The van der Waals surface area contributed by atoms with Crippen molar-refractivity contribution >= 4 is 24.0 Å². The summed E-state index contributed by atoms with van der Waals surface area (Å²) in [5.41, 5.74) is 6.36. The number of aldehydes is 1. The van der Waals surface area contributed by atoms with Crippen LogP contribution < -0.4 is 40.6 Å². The quantitative estimate of drug-likeness (QED) is 0.284. The zero-order valence-corrected chi connectivity index (χ0v) is 23.1. The maximum Gasteiger partial charge on any atom is 0.255 e. The fourth-order valence-electron chi connectivity index (χ4n) is 4.64. The summed E-state index contributed by atoms with van der Waals surface area (Å²) in [7, 11) is 5.73. The number of carbonyl (C=O) groups is 4. The van der Waals surface area contributed by atoms with Crippen molar-refractivity contribution in [3.8, 4) is 23.0 Å². The molecule has 0 aliphatic heterocycles. The van der Waals surface area contributed by atoms with Crippen molar-refractivity contribution in [2.75, 3.05) is 41.5 Å². The van der Waals surface area contributed by atoms with Gasteiger partial charge in [-0.1, -0.05) is 0 Å². The summed E-state index contributed by atoms with van der Waals surface area (Å²) in [6.45, 7) is 0.549. The van der Waals surface area contributed by atoms with Crippen molar-refractivity contribution in [2.24, 2.45) is 5.73 Å². The molecule has 0 aromatic heterocycles. The van der Waals surface area contributed by atoms with Gasteiger partial charge >= 0.3 is 0 Å². The molecular weight excluding hydrogens is 520 g/mol. The molecule has 0 bridgehead atoms. The molecule has 40 heavy (non-hydrogen) atoms. The minimum absolute atomic E-state index is 0.125. The molecule has 3 amide bonds. The highest BCUT2D eigenvalue weighted by molar-refractivity contribution is 6.03. The molecule has 2 aromatic rings. The van der Waals surface area contributed by atoms with Crippen LogP contribution in [0.4, 0.5) is 0 Å². The van der Waals surface area contributed by atoms with E-state index in [0.29, 0.717) is 43.5 Å². The first-order chi connectivity index (χ1) is 19.3. The molecule has 0 unspecified atom stereocenters. The van der Waals surface area contributed by atoms with Crippen LogP contribution in [-0.4, -0.2) is 77.6 Å². The van der Waals surface area contributed by atoms with Crippen molar-refractivity contribution < 1.29 is 38.1 Å². The Balaban J connectivity index is 1.66. The molecule has 12 heteroatoms. The van der Waals surface area contributed by atoms with Crippen LogP contribution in [0.3, 0.4) is 0 Å². The highest BCUT2D eigenvalue weighted by atomic mass is 16.5. The van der Waals surface area contributed by atoms with E-state index in [1.54, 1.807) is 0 Å². The van der Waals surface area contributed by atoms with Gasteiger partial charge in [0.2, 0.25) is 0 Å². The topological polar surface area (TPSA) is 167 Å². The van der Waals surface area contributed by atoms with Gasteiger partial charge in [-0.05, 0) is 37.8 Å². The molecule has 1 aliphatic rings. The third kappa shape index (κ3) is 7.00. The molecule has 0 atom stereocenters. The molecule has 3 rings (SSSR count). The Labute approximate surface area is 232 Å². The number of nitrogens with one attached hydrogen (secondary N) is 3. The number of ether oxygens (including phenoxy) is 4. The second-order valence-electron chi connectivity index (χ2n) is 9.21. The smallest absolute Gasteiger partial charge is 0.255 e. The molecule has 0 saturated heterocycles. The molecule has 2 aromatic carbocycles. The lowest BCUT2D eigenvalue weighted by atomic mass is 9.90. The number of hydrogen-bond donors (Lipinski definition) is 4. The molecule has 5 N–H and O–H groups in total. The molecule has 1 fully saturated rings. The number of amides is 3. The van der Waals surface area contributed by atoms with Gasteiger partial charge in [-0.25, -0.2) is 0 Å². The summed E-state index contributed by atoms with van der Waals surface area (Å²) < 4.78 is 21.2. The van der Waals surface area contributed by atoms with Crippen molar-refractivity contribution in [3.63, 3.8) is 0 Å². The first-order valence-corrected chi connectivity index (χ1v) is 12.9. The second kappa shape index (κ2) is 14.2. The van der Waals surface area contributed by atoms with E-state index < -0.39 is 5.91 Å². The van der Waals surface area contributed by atoms with E-state index in [-0.39, 0.29) is 70.7 Å². The standard InChI is InChI=1S/C28H36N4O8/c1-37-22-13-23(38-2)19(11-16(22)15-33)27(35)31-17-5-7-18(8-6-17)32-28(36)21-12-20(26(34)30-10-9-29)24(39-3)14-25(21)40-4/h11-15,17-18H,5-10,29H2,1-4H3,(H,30,34)(H,31,35)(H,32,36)/t17-,18+. The van der Waals surface area contributed by atoms with Gasteiger partial charge in [0.05, 0.1) is 50.7 Å². The van der Waals surface area contributed by atoms with E-state index in [4.69, 9.17) is 24.7 Å². The van der Waals surface area contributed by atoms with Crippen LogP contribution in [0.1, 0.15) is 67.1 Å². The largest absolute Gasteiger partial charge is 0.496 e. The summed E-state index contributed by atoms with van der Waals surface area (Å²) in [5.74, 6) is -0.00433. The lowest BCUT2D eigenvalue weighted by Gasteiger charge is -2.30. The Hall–Kier alpha value is -4.32. The van der Waals surface area contributed by atoms with E-state index >= 15 is 0 Å². The zero-order chi connectivity index (χ0) is 29.2. The lowest BCUT2D eigenvalue weighted by Crippen LogP contribution is -2.44. The summed E-state index contributed by atoms with van der Waals surface area (Å²) in [5, 5.41) is 8.68. The van der Waals surface area contributed by atoms with Crippen LogP contribution in [0.2, 0.25) is 0 Å². The van der Waals surface area contributed by atoms with E-state index in [1.165, 1.54) is 52.7 Å². The molecule has 0 spiro atoms. The van der Waals surface area contributed by atoms with Gasteiger partial charge in [0.1, 0.15) is 23.0 Å². The summed E-state index contributed by atoms with van der Waals surface area (Å²) in [6.07, 6.45) is 3.12. The third-order valence-electron chi connectivity index (χ3n) is 6.76. The zero-order valence-electron chi connectivity index (χ0n) is 23.1. The first-order valence-electron chi connectivity index (χ1n) is 12.9. The van der Waals surface area contributed by atoms with E-state index in [1.807, 2.05) is 0 Å². The number of carbonyl (C=O) groups excluding carboxylic acids is 4. The highest BCUT2D eigenvalue weighted by Gasteiger charge is 2.27. The van der Waals surface area contributed by atoms with Gasteiger partial charge in [-0.3, -0.25) is 19.2 Å². The van der Waals surface area contributed by atoms with Gasteiger partial charge in [-0.15, -0.1) is 0 Å². The fourth-order valence-corrected chi connectivity index (χ4v) is 4.64. The van der Waals surface area contributed by atoms with Crippen LogP contribution in [0.25, 0.3) is 0 Å². The molecule has 0 heterocycles. The summed E-state index contributed by atoms with van der Waals surface area (Å²) >= 11 is 0. The van der Waals surface area contributed by atoms with Crippen molar-refractivity contribution in [2.45, 2.75) is 37.8 Å². The predicted octanol–water partition coefficient (Wildman–Crippen LogP) is 1.69. The minimum Gasteiger partial charge on any atom is -0.496 e. The lowest BCUT2D eigenvalue weighted by molar-refractivity contribution is 0.0888. The Bertz CT molecular complexity index is 1240. The first kappa shape index (κ1) is 30.2. The summed E-state index contributed by atoms with van der Waals surface area (Å²) in [6, 6.07) is 5.63. The maximum atomic E-state index is 13.2. The van der Waals surface area contributed by atoms with Crippen molar-refractivity contribution in [1.29, 1.82) is 0 Å². The number of benzene rings is 2. The Morgan fingerprint density at radius 2 is 1.15 bits per heavy atom. The van der Waals surface area contributed by atoms with E-state index in [9.17, 15) is 19.2 Å². The van der Waals surface area contributed by atoms with Crippen LogP contribution in [0.5, 0.6) is 23.0 Å². The number of hydrogen-bond acceptors (Lipinski definition) is 9. The van der Waals surface area contributed by atoms with Crippen LogP contribution >= 0.6 is 0 Å². The Morgan fingerprint density at radius 1 is 0.725 bits per heavy atom. The van der Waals surface area contributed by atoms with Crippen molar-refractivity contribution in [3.05, 3.63) is 46.5 Å². The third-order valence-corrected chi connectivity index (χ3v) is 6.76. The van der Waals surface area contributed by atoms with E-state index in [2.05, 4.69) is 16.0 Å². The second-order valence-corrected chi connectivity index (χ2v) is 9.21. The SMILES string of the molecule is COc1cc(OC)c(C(=O)N[C@H]2CC[C@@H](NC(=O)c3cc(C(=O)NCCN)c(OC)cc3OC)CC2)cc1C=O. The summed E-state index contributed by atoms with van der Waals surface area (Å²) in [4.78, 5) is 50.2. The highest BCUT2D eigenvalue weighted by Crippen LogP contribution is 2.31.